The summed E-state index contributed by atoms with van der Waals surface area (Å²) in [6.07, 6.45) is 4.66. The number of carboxylic acids is 1. The van der Waals surface area contributed by atoms with Crippen molar-refractivity contribution in [3.05, 3.63) is 46.9 Å². The average Bonchev–Trinajstić information content (AvgIpc) is 2.84. The molecule has 2 aromatic rings. The number of carbonyl (C=O) groups is 1. The quantitative estimate of drug-likeness (QED) is 0.681. The van der Waals surface area contributed by atoms with Crippen molar-refractivity contribution in [2.75, 3.05) is 19.8 Å². The molecule has 34 heavy (non-hydrogen) atoms. The second-order valence-electron chi connectivity index (χ2n) is 9.94. The van der Waals surface area contributed by atoms with E-state index in [9.17, 15) is 18.3 Å². The minimum atomic E-state index is -3.91. The Kier molecular flexibility index (Phi) is 6.43. The smallest absolute Gasteiger partial charge is 0.309 e. The molecule has 0 bridgehead atoms. The predicted octanol–water partition coefficient (Wildman–Crippen LogP) is 2.88. The molecule has 9 nitrogen and oxygen atoms in total. The first-order chi connectivity index (χ1) is 15.9. The van der Waals surface area contributed by atoms with Gasteiger partial charge in [-0.3, -0.25) is 9.78 Å². The van der Waals surface area contributed by atoms with Gasteiger partial charge in [0.1, 0.15) is 10.5 Å². The molecule has 4 rings (SSSR count). The maximum absolute atomic E-state index is 13.8. The summed E-state index contributed by atoms with van der Waals surface area (Å²) in [6, 6.07) is 3.46. The largest absolute Gasteiger partial charge is 0.481 e. The first-order valence-electron chi connectivity index (χ1n) is 11.3. The molecule has 0 aromatic carbocycles. The van der Waals surface area contributed by atoms with Crippen molar-refractivity contribution in [2.24, 2.45) is 5.41 Å². The third kappa shape index (κ3) is 4.80. The minimum Gasteiger partial charge on any atom is -0.481 e. The Bertz CT molecular complexity index is 1210. The molecule has 0 saturated carbocycles. The van der Waals surface area contributed by atoms with Crippen molar-refractivity contribution in [3.8, 4) is 5.88 Å². The maximum Gasteiger partial charge on any atom is 0.309 e. The number of ether oxygens (including phenoxy) is 2. The van der Waals surface area contributed by atoms with Gasteiger partial charge < -0.3 is 14.6 Å². The number of pyridine rings is 2. The molecule has 1 fully saturated rings. The average molecular weight is 490 g/mol. The van der Waals surface area contributed by atoms with Gasteiger partial charge in [0, 0.05) is 37.5 Å². The fourth-order valence-corrected chi connectivity index (χ4v) is 6.02. The van der Waals surface area contributed by atoms with Crippen LogP contribution in [0.3, 0.4) is 0 Å². The number of carboxylic acid groups (broad SMARTS) is 1. The van der Waals surface area contributed by atoms with Crippen molar-refractivity contribution in [1.29, 1.82) is 0 Å². The summed E-state index contributed by atoms with van der Waals surface area (Å²) in [5.41, 5.74) is 1.20. The Morgan fingerprint density at radius 2 is 1.88 bits per heavy atom. The van der Waals surface area contributed by atoms with E-state index in [2.05, 4.69) is 9.97 Å². The molecule has 0 aliphatic carbocycles. The van der Waals surface area contributed by atoms with Crippen LogP contribution in [0.2, 0.25) is 0 Å². The van der Waals surface area contributed by atoms with Crippen LogP contribution in [-0.4, -0.2) is 59.1 Å². The van der Waals surface area contributed by atoms with Gasteiger partial charge in [0.05, 0.1) is 25.2 Å². The van der Waals surface area contributed by atoms with Gasteiger partial charge in [-0.2, -0.15) is 4.31 Å². The van der Waals surface area contributed by atoms with E-state index in [1.165, 1.54) is 4.31 Å². The van der Waals surface area contributed by atoms with Crippen LogP contribution >= 0.6 is 0 Å². The van der Waals surface area contributed by atoms with Crippen LogP contribution in [0.1, 0.15) is 49.1 Å². The summed E-state index contributed by atoms with van der Waals surface area (Å²) in [6.45, 7) is 8.17. The highest BCUT2D eigenvalue weighted by molar-refractivity contribution is 7.89. The van der Waals surface area contributed by atoms with Crippen molar-refractivity contribution in [3.63, 3.8) is 0 Å². The molecule has 2 aliphatic rings. The summed E-state index contributed by atoms with van der Waals surface area (Å²) in [7, 11) is -3.91. The summed E-state index contributed by atoms with van der Waals surface area (Å²) in [4.78, 5) is 20.4. The van der Waals surface area contributed by atoms with Gasteiger partial charge in [-0.1, -0.05) is 6.07 Å². The minimum absolute atomic E-state index is 0.0599. The number of hydrogen-bond donors (Lipinski definition) is 1. The van der Waals surface area contributed by atoms with Crippen molar-refractivity contribution >= 4 is 16.0 Å². The lowest BCUT2D eigenvalue weighted by Gasteiger charge is -2.38. The van der Waals surface area contributed by atoms with E-state index in [1.54, 1.807) is 39.2 Å². The van der Waals surface area contributed by atoms with Crippen LogP contribution in [0.4, 0.5) is 0 Å². The van der Waals surface area contributed by atoms with Crippen LogP contribution in [0.15, 0.2) is 29.4 Å². The number of rotatable bonds is 5. The standard InChI is InChI=1S/C24H31N3O6S/c1-16-9-20-21(26-12-16)33-24(5-7-32-8-6-24)15-27(34(20,30)31)14-19-10-18(13-25-17(19)2)11-23(3,4)22(28)29/h9-10,12-13H,5-8,11,14-15H2,1-4H3,(H,28,29). The molecular weight excluding hydrogens is 458 g/mol. The van der Waals surface area contributed by atoms with E-state index in [0.29, 0.717) is 31.7 Å². The molecule has 1 N–H and O–H groups in total. The van der Waals surface area contributed by atoms with Gasteiger partial charge in [0.15, 0.2) is 0 Å². The third-order valence-electron chi connectivity index (χ3n) is 6.57. The van der Waals surface area contributed by atoms with Crippen LogP contribution in [0.5, 0.6) is 5.88 Å². The van der Waals surface area contributed by atoms with E-state index in [0.717, 1.165) is 16.7 Å². The Morgan fingerprint density at radius 3 is 2.56 bits per heavy atom. The van der Waals surface area contributed by atoms with Crippen LogP contribution in [0.25, 0.3) is 0 Å². The van der Waals surface area contributed by atoms with Crippen LogP contribution in [-0.2, 0) is 32.5 Å². The SMILES string of the molecule is Cc1cnc2c(c1)S(=O)(=O)N(Cc1cc(CC(C)(C)C(=O)O)cnc1C)CC1(CCOCC1)O2. The van der Waals surface area contributed by atoms with Crippen LogP contribution < -0.4 is 4.74 Å². The summed E-state index contributed by atoms with van der Waals surface area (Å²) in [5, 5.41) is 9.51. The van der Waals surface area contributed by atoms with Gasteiger partial charge in [0.25, 0.3) is 0 Å². The van der Waals surface area contributed by atoms with E-state index in [4.69, 9.17) is 9.47 Å². The molecule has 0 atom stereocenters. The second kappa shape index (κ2) is 8.90. The zero-order valence-corrected chi connectivity index (χ0v) is 20.8. The monoisotopic (exact) mass is 489 g/mol. The maximum atomic E-state index is 13.8. The van der Waals surface area contributed by atoms with E-state index in [-0.39, 0.29) is 30.3 Å². The Labute approximate surface area is 200 Å². The molecule has 0 amide bonds. The Balaban J connectivity index is 1.74. The fourth-order valence-electron chi connectivity index (χ4n) is 4.38. The molecule has 0 radical (unpaired) electrons. The third-order valence-corrected chi connectivity index (χ3v) is 8.36. The number of hydrogen-bond acceptors (Lipinski definition) is 7. The number of fused-ring (bicyclic) bond motifs is 1. The zero-order valence-electron chi connectivity index (χ0n) is 20.0. The first-order valence-corrected chi connectivity index (χ1v) is 12.8. The van der Waals surface area contributed by atoms with Crippen molar-refractivity contribution in [1.82, 2.24) is 14.3 Å². The van der Waals surface area contributed by atoms with E-state index < -0.39 is 27.0 Å². The molecular formula is C24H31N3O6S. The Morgan fingerprint density at radius 1 is 1.18 bits per heavy atom. The first kappa shape index (κ1) is 24.6. The topological polar surface area (TPSA) is 119 Å². The lowest BCUT2D eigenvalue weighted by Crippen LogP contribution is -2.50. The second-order valence-corrected chi connectivity index (χ2v) is 11.8. The predicted molar refractivity (Wildman–Crippen MR) is 124 cm³/mol. The summed E-state index contributed by atoms with van der Waals surface area (Å²) >= 11 is 0. The number of nitrogens with zero attached hydrogens (tertiary/aromatic N) is 3. The van der Waals surface area contributed by atoms with Gasteiger partial charge in [-0.15, -0.1) is 0 Å². The molecule has 2 aliphatic heterocycles. The highest BCUT2D eigenvalue weighted by atomic mass is 32.2. The van der Waals surface area contributed by atoms with Crippen molar-refractivity contribution < 1.29 is 27.8 Å². The molecule has 2 aromatic heterocycles. The Hall–Kier alpha value is -2.56. The molecule has 184 valence electrons. The van der Waals surface area contributed by atoms with E-state index >= 15 is 0 Å². The van der Waals surface area contributed by atoms with E-state index in [1.807, 2.05) is 13.0 Å². The highest BCUT2D eigenvalue weighted by Gasteiger charge is 2.45. The number of aliphatic carboxylic acids is 1. The van der Waals surface area contributed by atoms with Gasteiger partial charge in [-0.05, 0) is 56.9 Å². The number of aromatic nitrogens is 2. The summed E-state index contributed by atoms with van der Waals surface area (Å²) in [5.74, 6) is -0.774. The molecule has 1 spiro atoms. The van der Waals surface area contributed by atoms with Gasteiger partial charge >= 0.3 is 5.97 Å². The number of sulfonamides is 1. The fraction of sp³-hybridized carbons (Fsp3) is 0.542. The van der Waals surface area contributed by atoms with Gasteiger partial charge in [0.2, 0.25) is 15.9 Å². The lowest BCUT2D eigenvalue weighted by molar-refractivity contribution is -0.146. The summed E-state index contributed by atoms with van der Waals surface area (Å²) < 4.78 is 40.9. The molecule has 10 heteroatoms. The normalized spacial score (nSPS) is 19.8. The zero-order chi connectivity index (χ0) is 24.7. The molecule has 1 saturated heterocycles. The van der Waals surface area contributed by atoms with Crippen molar-refractivity contribution in [2.45, 2.75) is 64.0 Å². The molecule has 4 heterocycles. The van der Waals surface area contributed by atoms with Crippen LogP contribution in [0, 0.1) is 19.3 Å². The highest BCUT2D eigenvalue weighted by Crippen LogP contribution is 2.38. The molecule has 0 unspecified atom stereocenters. The number of aryl methyl sites for hydroxylation is 2. The lowest BCUT2D eigenvalue weighted by atomic mass is 9.86. The van der Waals surface area contributed by atoms with Gasteiger partial charge in [-0.25, -0.2) is 13.4 Å².